The van der Waals surface area contributed by atoms with Gasteiger partial charge in [0.05, 0.1) is 56.2 Å². The number of hydrogen-bond acceptors (Lipinski definition) is 6. The van der Waals surface area contributed by atoms with Gasteiger partial charge in [0, 0.05) is 6.07 Å². The number of quaternary nitrogens is 1. The summed E-state index contributed by atoms with van der Waals surface area (Å²) in [5.74, 6) is 1.53. The van der Waals surface area contributed by atoms with E-state index in [1.165, 1.54) is 14.2 Å². The molecule has 1 fully saturated rings. The van der Waals surface area contributed by atoms with Crippen molar-refractivity contribution in [2.45, 2.75) is 25.3 Å². The summed E-state index contributed by atoms with van der Waals surface area (Å²) in [6.07, 6.45) is 0. The summed E-state index contributed by atoms with van der Waals surface area (Å²) in [5.41, 5.74) is 1.96. The maximum atomic E-state index is 13.2. The zero-order valence-electron chi connectivity index (χ0n) is 19.3. The van der Waals surface area contributed by atoms with Gasteiger partial charge in [0.15, 0.2) is 17.3 Å². The van der Waals surface area contributed by atoms with Crippen molar-refractivity contribution < 1.29 is 22.8 Å². The number of hydrogen-bond donors (Lipinski definition) is 2. The predicted molar refractivity (Wildman–Crippen MR) is 125 cm³/mol. The maximum absolute atomic E-state index is 13.2. The molecular formula is C23H29N4O5S+. The van der Waals surface area contributed by atoms with Crippen molar-refractivity contribution in [1.29, 1.82) is 0 Å². The molecule has 33 heavy (non-hydrogen) atoms. The van der Waals surface area contributed by atoms with Gasteiger partial charge >= 0.3 is 0 Å². The number of sulfonamides is 1. The number of nitrogens with zero attached hydrogens (tertiary/aromatic N) is 2. The third kappa shape index (κ3) is 4.59. The van der Waals surface area contributed by atoms with E-state index < -0.39 is 10.0 Å². The van der Waals surface area contributed by atoms with E-state index in [1.807, 2.05) is 26.0 Å². The van der Waals surface area contributed by atoms with E-state index >= 15 is 0 Å². The number of aryl methyl sites for hydroxylation is 2. The number of aromatic amines is 1. The SMILES string of the molecule is COc1cc2nc(C[NH+]3CCN(S(=O)(=O)c4cc(C)ccc4C)CC3)[nH]c(=O)c2cc1OC. The van der Waals surface area contributed by atoms with Crippen molar-refractivity contribution in [3.05, 3.63) is 57.6 Å². The Balaban J connectivity index is 1.50. The number of nitrogens with one attached hydrogen (secondary N) is 2. The van der Waals surface area contributed by atoms with Gasteiger partial charge in [-0.1, -0.05) is 12.1 Å². The Morgan fingerprint density at radius 3 is 2.39 bits per heavy atom. The maximum Gasteiger partial charge on any atom is 0.259 e. The minimum atomic E-state index is -3.54. The fraction of sp³-hybridized carbons (Fsp3) is 0.391. The van der Waals surface area contributed by atoms with E-state index in [9.17, 15) is 13.2 Å². The molecule has 2 N–H and O–H groups in total. The lowest BCUT2D eigenvalue weighted by atomic mass is 10.2. The molecule has 2 heterocycles. The number of methoxy groups -OCH3 is 2. The molecule has 10 heteroatoms. The van der Waals surface area contributed by atoms with Gasteiger partial charge in [-0.2, -0.15) is 4.31 Å². The van der Waals surface area contributed by atoms with E-state index in [4.69, 9.17) is 9.47 Å². The van der Waals surface area contributed by atoms with Gasteiger partial charge in [0.25, 0.3) is 5.56 Å². The van der Waals surface area contributed by atoms with E-state index in [1.54, 1.807) is 22.5 Å². The summed E-state index contributed by atoms with van der Waals surface area (Å²) in [5, 5.41) is 0.427. The van der Waals surface area contributed by atoms with Crippen LogP contribution in [0, 0.1) is 13.8 Å². The molecule has 4 rings (SSSR count). The van der Waals surface area contributed by atoms with Crippen molar-refractivity contribution in [3.8, 4) is 11.5 Å². The molecule has 3 aromatic rings. The summed E-state index contributed by atoms with van der Waals surface area (Å²) >= 11 is 0. The highest BCUT2D eigenvalue weighted by Gasteiger charge is 2.31. The number of aromatic nitrogens is 2. The van der Waals surface area contributed by atoms with Crippen LogP contribution in [0.4, 0.5) is 0 Å². The Labute approximate surface area is 193 Å². The van der Waals surface area contributed by atoms with Gasteiger partial charge in [-0.15, -0.1) is 0 Å². The molecule has 0 unspecified atom stereocenters. The molecule has 2 aromatic carbocycles. The molecule has 0 atom stereocenters. The zero-order chi connectivity index (χ0) is 23.8. The first-order valence-electron chi connectivity index (χ1n) is 10.8. The second kappa shape index (κ2) is 9.12. The highest BCUT2D eigenvalue weighted by atomic mass is 32.2. The standard InChI is InChI=1S/C23H28N4O5S/c1-15-5-6-16(2)21(11-15)33(29,30)27-9-7-26(8-10-27)14-22-24-18-13-20(32-4)19(31-3)12-17(18)23(28)25-22/h5-6,11-13H,7-10,14H2,1-4H3,(H,24,25,28)/p+1. The van der Waals surface area contributed by atoms with Crippen LogP contribution >= 0.6 is 0 Å². The summed E-state index contributed by atoms with van der Waals surface area (Å²) in [4.78, 5) is 21.6. The van der Waals surface area contributed by atoms with Crippen LogP contribution in [0.15, 0.2) is 40.0 Å². The van der Waals surface area contributed by atoms with E-state index in [0.29, 0.717) is 65.8 Å². The molecule has 1 aromatic heterocycles. The minimum Gasteiger partial charge on any atom is -0.493 e. The van der Waals surface area contributed by atoms with Crippen molar-refractivity contribution in [2.24, 2.45) is 0 Å². The third-order valence-electron chi connectivity index (χ3n) is 6.07. The lowest BCUT2D eigenvalue weighted by Crippen LogP contribution is -3.13. The molecule has 0 bridgehead atoms. The molecule has 1 saturated heterocycles. The number of H-pyrrole nitrogens is 1. The van der Waals surface area contributed by atoms with Gasteiger partial charge in [0.1, 0.15) is 6.54 Å². The Hall–Kier alpha value is -2.95. The van der Waals surface area contributed by atoms with Crippen LogP contribution in [0.3, 0.4) is 0 Å². The second-order valence-corrected chi connectivity index (χ2v) is 10.2. The fourth-order valence-corrected chi connectivity index (χ4v) is 5.93. The van der Waals surface area contributed by atoms with Crippen molar-refractivity contribution in [2.75, 3.05) is 40.4 Å². The third-order valence-corrected chi connectivity index (χ3v) is 8.11. The molecule has 0 radical (unpaired) electrons. The summed E-state index contributed by atoms with van der Waals surface area (Å²) in [7, 11) is -0.488. The van der Waals surface area contributed by atoms with Crippen LogP contribution in [0.25, 0.3) is 10.9 Å². The Morgan fingerprint density at radius 2 is 1.73 bits per heavy atom. The number of ether oxygens (including phenoxy) is 2. The van der Waals surface area contributed by atoms with Crippen LogP contribution in [-0.2, 0) is 16.6 Å². The second-order valence-electron chi connectivity index (χ2n) is 8.34. The van der Waals surface area contributed by atoms with Gasteiger partial charge < -0.3 is 19.4 Å². The first kappa shape index (κ1) is 23.2. The molecule has 0 spiro atoms. The van der Waals surface area contributed by atoms with Crippen LogP contribution in [-0.4, -0.2) is 63.1 Å². The van der Waals surface area contributed by atoms with Crippen molar-refractivity contribution in [1.82, 2.24) is 14.3 Å². The minimum absolute atomic E-state index is 0.244. The lowest BCUT2D eigenvalue weighted by molar-refractivity contribution is -0.917. The average molecular weight is 474 g/mol. The van der Waals surface area contributed by atoms with E-state index in [0.717, 1.165) is 16.0 Å². The molecule has 0 amide bonds. The smallest absolute Gasteiger partial charge is 0.259 e. The summed E-state index contributed by atoms with van der Waals surface area (Å²) in [6, 6.07) is 8.80. The Morgan fingerprint density at radius 1 is 1.06 bits per heavy atom. The summed E-state index contributed by atoms with van der Waals surface area (Å²) in [6.45, 7) is 6.28. The van der Waals surface area contributed by atoms with Crippen LogP contribution in [0.1, 0.15) is 17.0 Å². The first-order chi connectivity index (χ1) is 15.7. The van der Waals surface area contributed by atoms with Gasteiger partial charge in [0.2, 0.25) is 10.0 Å². The van der Waals surface area contributed by atoms with Crippen LogP contribution in [0.2, 0.25) is 0 Å². The highest BCUT2D eigenvalue weighted by Crippen LogP contribution is 2.29. The topological polar surface area (TPSA) is 106 Å². The molecule has 1 aliphatic heterocycles. The molecule has 0 aliphatic carbocycles. The lowest BCUT2D eigenvalue weighted by Gasteiger charge is -2.31. The monoisotopic (exact) mass is 473 g/mol. The predicted octanol–water partition coefficient (Wildman–Crippen LogP) is 0.647. The fourth-order valence-electron chi connectivity index (χ4n) is 4.18. The number of benzene rings is 2. The molecule has 176 valence electrons. The van der Waals surface area contributed by atoms with Crippen molar-refractivity contribution >= 4 is 20.9 Å². The molecular weight excluding hydrogens is 444 g/mol. The number of piperazine rings is 1. The Kier molecular flexibility index (Phi) is 6.42. The van der Waals surface area contributed by atoms with Crippen molar-refractivity contribution in [3.63, 3.8) is 0 Å². The molecule has 9 nitrogen and oxygen atoms in total. The first-order valence-corrected chi connectivity index (χ1v) is 12.2. The highest BCUT2D eigenvalue weighted by molar-refractivity contribution is 7.89. The number of rotatable bonds is 6. The van der Waals surface area contributed by atoms with Crippen LogP contribution in [0.5, 0.6) is 11.5 Å². The molecule has 0 saturated carbocycles. The van der Waals surface area contributed by atoms with Crippen LogP contribution < -0.4 is 19.9 Å². The zero-order valence-corrected chi connectivity index (χ0v) is 20.1. The largest absolute Gasteiger partial charge is 0.493 e. The van der Waals surface area contributed by atoms with Gasteiger partial charge in [-0.3, -0.25) is 4.79 Å². The quantitative estimate of drug-likeness (QED) is 0.545. The normalized spacial score (nSPS) is 15.6. The van der Waals surface area contributed by atoms with E-state index in [-0.39, 0.29) is 5.56 Å². The van der Waals surface area contributed by atoms with Gasteiger partial charge in [-0.25, -0.2) is 13.4 Å². The van der Waals surface area contributed by atoms with Gasteiger partial charge in [-0.05, 0) is 37.1 Å². The number of fused-ring (bicyclic) bond motifs is 1. The van der Waals surface area contributed by atoms with E-state index in [2.05, 4.69) is 9.97 Å². The molecule has 1 aliphatic rings. The Bertz CT molecular complexity index is 1340. The summed E-state index contributed by atoms with van der Waals surface area (Å²) < 4.78 is 38.5. The average Bonchev–Trinajstić information content (AvgIpc) is 2.80.